The number of pyridine rings is 1. The number of aryl methyl sites for hydroxylation is 2. The Morgan fingerprint density at radius 3 is 2.50 bits per heavy atom. The van der Waals surface area contributed by atoms with Crippen molar-refractivity contribution in [1.82, 2.24) is 4.98 Å². The molecule has 0 amide bonds. The van der Waals surface area contributed by atoms with Gasteiger partial charge < -0.3 is 5.73 Å². The van der Waals surface area contributed by atoms with Gasteiger partial charge in [0, 0.05) is 16.3 Å². The average Bonchev–Trinajstić information content (AvgIpc) is 2.79. The number of hydrogen-bond acceptors (Lipinski definition) is 2. The number of unbranched alkanes of at least 4 members (excludes halogenated alkanes) is 1. The molecule has 2 nitrogen and oxygen atoms in total. The summed E-state index contributed by atoms with van der Waals surface area (Å²) in [6.45, 7) is 2.19. The van der Waals surface area contributed by atoms with Gasteiger partial charge in [0.1, 0.15) is 5.82 Å². The van der Waals surface area contributed by atoms with Crippen molar-refractivity contribution >= 4 is 11.6 Å². The fourth-order valence-electron chi connectivity index (χ4n) is 4.14. The van der Waals surface area contributed by atoms with Crippen molar-refractivity contribution in [1.29, 1.82) is 0 Å². The minimum absolute atomic E-state index is 0.184. The molecule has 3 aromatic rings. The lowest BCUT2D eigenvalue weighted by Crippen LogP contribution is -2.09. The normalized spacial score (nSPS) is 12.7. The number of nitrogens with two attached hydrogens (primary N) is 1. The molecule has 0 bridgehead atoms. The Morgan fingerprint density at radius 1 is 0.967 bits per heavy atom. The molecule has 1 aliphatic carbocycles. The second-order valence-corrected chi connectivity index (χ2v) is 7.98. The molecule has 0 saturated carbocycles. The average molecular weight is 425 g/mol. The number of hydrogen-bond donors (Lipinski definition) is 1. The third-order valence-corrected chi connectivity index (χ3v) is 5.94. The maximum absolute atomic E-state index is 14.2. The molecule has 1 aliphatic rings. The molecule has 0 saturated heterocycles. The molecule has 0 unspecified atom stereocenters. The van der Waals surface area contributed by atoms with Gasteiger partial charge in [0.25, 0.3) is 0 Å². The zero-order valence-electron chi connectivity index (χ0n) is 17.8. The van der Waals surface area contributed by atoms with Crippen LogP contribution in [-0.4, -0.2) is 12.0 Å². The predicted molar refractivity (Wildman–Crippen MR) is 125 cm³/mol. The van der Waals surface area contributed by atoms with E-state index in [0.717, 1.165) is 73.0 Å². The maximum atomic E-state index is 14.2. The summed E-state index contributed by atoms with van der Waals surface area (Å²) in [6.07, 6.45) is 7.47. The Bertz CT molecular complexity index is 1000. The minimum Gasteiger partial charge on any atom is -0.333 e. The standard InChI is InChI=1S/C25H25ClFN.CH5N/c1-2-3-8-17-13-14-18(27)15-21(17)22-16-25(20-10-4-6-11-23(20)26)28-24-12-7-5-9-19(22)24;1-2/h4,6,10-11,13-16H,2-3,5,7-9,12H2,1H3;2H2,1H3. The first-order valence-corrected chi connectivity index (χ1v) is 11.2. The van der Waals surface area contributed by atoms with Crippen LogP contribution in [0.2, 0.25) is 5.02 Å². The number of aromatic nitrogens is 1. The summed E-state index contributed by atoms with van der Waals surface area (Å²) in [5, 5.41) is 0.696. The third-order valence-electron chi connectivity index (χ3n) is 5.61. The van der Waals surface area contributed by atoms with Gasteiger partial charge in [-0.1, -0.05) is 49.2 Å². The molecular formula is C26H30ClFN2. The molecule has 0 radical (unpaired) electrons. The van der Waals surface area contributed by atoms with Crippen molar-refractivity contribution < 1.29 is 4.39 Å². The molecule has 158 valence electrons. The fraction of sp³-hybridized carbons (Fsp3) is 0.346. The maximum Gasteiger partial charge on any atom is 0.123 e. The summed E-state index contributed by atoms with van der Waals surface area (Å²) in [6, 6.07) is 15.2. The molecule has 30 heavy (non-hydrogen) atoms. The second-order valence-electron chi connectivity index (χ2n) is 7.57. The van der Waals surface area contributed by atoms with Crippen LogP contribution in [0, 0.1) is 5.82 Å². The van der Waals surface area contributed by atoms with Crippen LogP contribution < -0.4 is 5.73 Å². The Hall–Kier alpha value is -2.23. The molecular weight excluding hydrogens is 395 g/mol. The lowest BCUT2D eigenvalue weighted by molar-refractivity contribution is 0.627. The van der Waals surface area contributed by atoms with E-state index in [4.69, 9.17) is 16.6 Å². The van der Waals surface area contributed by atoms with E-state index in [0.29, 0.717) is 5.02 Å². The highest BCUT2D eigenvalue weighted by molar-refractivity contribution is 6.33. The van der Waals surface area contributed by atoms with Crippen LogP contribution in [0.15, 0.2) is 48.5 Å². The van der Waals surface area contributed by atoms with Crippen LogP contribution >= 0.6 is 11.6 Å². The van der Waals surface area contributed by atoms with Crippen molar-refractivity contribution in [3.63, 3.8) is 0 Å². The third kappa shape index (κ3) is 4.91. The number of nitrogens with zero attached hydrogens (tertiary/aromatic N) is 1. The highest BCUT2D eigenvalue weighted by Crippen LogP contribution is 2.38. The van der Waals surface area contributed by atoms with Gasteiger partial charge >= 0.3 is 0 Å². The van der Waals surface area contributed by atoms with Gasteiger partial charge in [-0.3, -0.25) is 4.98 Å². The molecule has 4 heteroatoms. The zero-order valence-corrected chi connectivity index (χ0v) is 18.6. The predicted octanol–water partition coefficient (Wildman–Crippen LogP) is 7.00. The van der Waals surface area contributed by atoms with Crippen LogP contribution in [0.25, 0.3) is 22.4 Å². The van der Waals surface area contributed by atoms with Gasteiger partial charge in [0.15, 0.2) is 0 Å². The van der Waals surface area contributed by atoms with Crippen LogP contribution in [0.1, 0.15) is 49.4 Å². The second kappa shape index (κ2) is 10.7. The van der Waals surface area contributed by atoms with E-state index in [-0.39, 0.29) is 5.82 Å². The summed E-state index contributed by atoms with van der Waals surface area (Å²) < 4.78 is 14.2. The van der Waals surface area contributed by atoms with E-state index in [2.05, 4.69) is 18.7 Å². The monoisotopic (exact) mass is 424 g/mol. The van der Waals surface area contributed by atoms with Crippen molar-refractivity contribution in [3.8, 4) is 22.4 Å². The number of fused-ring (bicyclic) bond motifs is 1. The lowest BCUT2D eigenvalue weighted by atomic mass is 9.86. The minimum atomic E-state index is -0.184. The molecule has 2 N–H and O–H groups in total. The van der Waals surface area contributed by atoms with E-state index in [9.17, 15) is 4.39 Å². The van der Waals surface area contributed by atoms with Crippen molar-refractivity contribution in [3.05, 3.63) is 76.2 Å². The van der Waals surface area contributed by atoms with Crippen molar-refractivity contribution in [2.75, 3.05) is 7.05 Å². The fourth-order valence-corrected chi connectivity index (χ4v) is 4.37. The van der Waals surface area contributed by atoms with E-state index >= 15 is 0 Å². The summed E-state index contributed by atoms with van der Waals surface area (Å²) >= 11 is 6.47. The van der Waals surface area contributed by atoms with Crippen molar-refractivity contribution in [2.24, 2.45) is 5.73 Å². The highest BCUT2D eigenvalue weighted by atomic mass is 35.5. The first-order chi connectivity index (χ1) is 14.7. The van der Waals surface area contributed by atoms with E-state index in [1.165, 1.54) is 18.2 Å². The molecule has 0 atom stereocenters. The van der Waals surface area contributed by atoms with Gasteiger partial charge in [-0.2, -0.15) is 0 Å². The first kappa shape index (κ1) is 22.5. The highest BCUT2D eigenvalue weighted by Gasteiger charge is 2.20. The van der Waals surface area contributed by atoms with Crippen LogP contribution in [0.4, 0.5) is 4.39 Å². The molecule has 1 heterocycles. The first-order valence-electron chi connectivity index (χ1n) is 10.8. The Morgan fingerprint density at radius 2 is 1.73 bits per heavy atom. The van der Waals surface area contributed by atoms with Gasteiger partial charge in [-0.15, -0.1) is 0 Å². The summed E-state index contributed by atoms with van der Waals surface area (Å²) in [5.74, 6) is -0.184. The van der Waals surface area contributed by atoms with Crippen LogP contribution in [0.3, 0.4) is 0 Å². The zero-order chi connectivity index (χ0) is 21.5. The Balaban J connectivity index is 0.00000124. The van der Waals surface area contributed by atoms with Crippen LogP contribution in [0.5, 0.6) is 0 Å². The SMILES string of the molecule is CCCCc1ccc(F)cc1-c1cc(-c2ccccc2Cl)nc2c1CCCC2.CN. The van der Waals surface area contributed by atoms with Crippen molar-refractivity contribution in [2.45, 2.75) is 51.9 Å². The Kier molecular flexibility index (Phi) is 8.01. The molecule has 0 aliphatic heterocycles. The van der Waals surface area contributed by atoms with E-state index < -0.39 is 0 Å². The summed E-state index contributed by atoms with van der Waals surface area (Å²) in [4.78, 5) is 4.97. The summed E-state index contributed by atoms with van der Waals surface area (Å²) in [7, 11) is 1.50. The topological polar surface area (TPSA) is 38.9 Å². The lowest BCUT2D eigenvalue weighted by Gasteiger charge is -2.22. The summed E-state index contributed by atoms with van der Waals surface area (Å²) in [5.41, 5.74) is 12.1. The van der Waals surface area contributed by atoms with Gasteiger partial charge in [-0.25, -0.2) is 4.39 Å². The Labute approximate surface area is 184 Å². The van der Waals surface area contributed by atoms with E-state index in [1.807, 2.05) is 30.3 Å². The number of benzene rings is 2. The quantitative estimate of drug-likeness (QED) is 0.478. The molecule has 2 aromatic carbocycles. The number of halogens is 2. The van der Waals surface area contributed by atoms with E-state index in [1.54, 1.807) is 12.1 Å². The van der Waals surface area contributed by atoms with Gasteiger partial charge in [0.2, 0.25) is 0 Å². The van der Waals surface area contributed by atoms with Gasteiger partial charge in [0.05, 0.1) is 5.69 Å². The molecule has 1 aromatic heterocycles. The van der Waals surface area contributed by atoms with Gasteiger partial charge in [-0.05, 0) is 92.1 Å². The molecule has 0 spiro atoms. The largest absolute Gasteiger partial charge is 0.333 e. The smallest absolute Gasteiger partial charge is 0.123 e. The molecule has 4 rings (SSSR count). The van der Waals surface area contributed by atoms with Crippen LogP contribution in [-0.2, 0) is 19.3 Å². The molecule has 0 fully saturated rings. The number of rotatable bonds is 5.